The predicted octanol–water partition coefficient (Wildman–Crippen LogP) is 3.34. The summed E-state index contributed by atoms with van der Waals surface area (Å²) in [6.07, 6.45) is 0. The highest BCUT2D eigenvalue weighted by molar-refractivity contribution is 6.31. The second-order valence-electron chi connectivity index (χ2n) is 6.43. The number of ether oxygens (including phenoxy) is 1. The van der Waals surface area contributed by atoms with Crippen LogP contribution in [-0.4, -0.2) is 53.8 Å². The number of hydrogen-bond donors (Lipinski definition) is 2. The number of amides is 1. The van der Waals surface area contributed by atoms with Gasteiger partial charge in [-0.1, -0.05) is 29.8 Å². The molecule has 0 bridgehead atoms. The van der Waals surface area contributed by atoms with Crippen LogP contribution in [0.5, 0.6) is 11.6 Å². The summed E-state index contributed by atoms with van der Waals surface area (Å²) in [4.78, 5) is 27.3. The lowest BCUT2D eigenvalue weighted by Crippen LogP contribution is -2.34. The number of hydrogen-bond acceptors (Lipinski definition) is 5. The minimum absolute atomic E-state index is 0.121. The molecule has 1 amide bonds. The Morgan fingerprint density at radius 1 is 1.18 bits per heavy atom. The molecule has 0 aliphatic rings. The van der Waals surface area contributed by atoms with Gasteiger partial charge in [0.2, 0.25) is 5.88 Å². The van der Waals surface area contributed by atoms with Crippen molar-refractivity contribution in [2.45, 2.75) is 0 Å². The minimum atomic E-state index is -0.782. The predicted molar refractivity (Wildman–Crippen MR) is 107 cm³/mol. The first-order chi connectivity index (χ1) is 13.4. The van der Waals surface area contributed by atoms with E-state index in [1.54, 1.807) is 42.5 Å². The maximum absolute atomic E-state index is 12.7. The van der Waals surface area contributed by atoms with E-state index in [0.29, 0.717) is 34.8 Å². The molecule has 0 fully saturated rings. The fraction of sp³-hybridized carbons (Fsp3) is 0.200. The van der Waals surface area contributed by atoms with Crippen molar-refractivity contribution >= 4 is 34.5 Å². The van der Waals surface area contributed by atoms with E-state index in [-0.39, 0.29) is 5.56 Å². The molecule has 1 heterocycles. The SMILES string of the molecule is CN(C)CCNC(=O)n1c(O)c(C(=O)Oc2ccccc2)c2cc(Cl)ccc21. The van der Waals surface area contributed by atoms with E-state index in [9.17, 15) is 14.7 Å². The number of para-hydroxylation sites is 1. The van der Waals surface area contributed by atoms with Gasteiger partial charge in [0.25, 0.3) is 0 Å². The number of nitrogens with zero attached hydrogens (tertiary/aromatic N) is 2. The van der Waals surface area contributed by atoms with Crippen LogP contribution >= 0.6 is 11.6 Å². The number of likely N-dealkylation sites (N-methyl/N-ethyl adjacent to an activating group) is 1. The highest BCUT2D eigenvalue weighted by Crippen LogP contribution is 2.34. The van der Waals surface area contributed by atoms with Crippen molar-refractivity contribution in [3.63, 3.8) is 0 Å². The number of nitrogens with one attached hydrogen (secondary N) is 1. The molecule has 1 aromatic heterocycles. The Labute approximate surface area is 167 Å². The van der Waals surface area contributed by atoms with E-state index < -0.39 is 17.9 Å². The highest BCUT2D eigenvalue weighted by Gasteiger charge is 2.27. The zero-order chi connectivity index (χ0) is 20.3. The van der Waals surface area contributed by atoms with Crippen molar-refractivity contribution < 1.29 is 19.4 Å². The molecule has 28 heavy (non-hydrogen) atoms. The molecule has 2 aromatic carbocycles. The number of aromatic hydroxyl groups is 1. The summed E-state index contributed by atoms with van der Waals surface area (Å²) in [6.45, 7) is 1.00. The fourth-order valence-corrected chi connectivity index (χ4v) is 2.94. The average Bonchev–Trinajstić information content (AvgIpc) is 2.93. The van der Waals surface area contributed by atoms with E-state index in [1.807, 2.05) is 19.0 Å². The molecule has 7 nitrogen and oxygen atoms in total. The van der Waals surface area contributed by atoms with Crippen LogP contribution in [0.4, 0.5) is 4.79 Å². The van der Waals surface area contributed by atoms with Crippen LogP contribution in [0.2, 0.25) is 5.02 Å². The highest BCUT2D eigenvalue weighted by atomic mass is 35.5. The van der Waals surface area contributed by atoms with Gasteiger partial charge in [-0.25, -0.2) is 14.2 Å². The molecule has 0 radical (unpaired) electrons. The molecule has 3 aromatic rings. The van der Waals surface area contributed by atoms with Gasteiger partial charge in [0.1, 0.15) is 11.3 Å². The van der Waals surface area contributed by atoms with Crippen LogP contribution in [0.25, 0.3) is 10.9 Å². The Balaban J connectivity index is 2.00. The number of carbonyl (C=O) groups excluding carboxylic acids is 2. The molecule has 0 spiro atoms. The molecular weight excluding hydrogens is 382 g/mol. The number of aromatic nitrogens is 1. The first kappa shape index (κ1) is 19.7. The Morgan fingerprint density at radius 3 is 2.57 bits per heavy atom. The zero-order valence-electron chi connectivity index (χ0n) is 15.5. The number of esters is 1. The van der Waals surface area contributed by atoms with Gasteiger partial charge in [-0.15, -0.1) is 0 Å². The van der Waals surface area contributed by atoms with Crippen molar-refractivity contribution in [1.82, 2.24) is 14.8 Å². The third-order valence-corrected chi connectivity index (χ3v) is 4.34. The van der Waals surface area contributed by atoms with Crippen LogP contribution in [0.15, 0.2) is 48.5 Å². The summed E-state index contributed by atoms with van der Waals surface area (Å²) in [6, 6.07) is 12.6. The van der Waals surface area contributed by atoms with Crippen molar-refractivity contribution in [3.8, 4) is 11.6 Å². The molecule has 0 saturated carbocycles. The van der Waals surface area contributed by atoms with Crippen molar-refractivity contribution in [2.24, 2.45) is 0 Å². The maximum atomic E-state index is 12.7. The van der Waals surface area contributed by atoms with Crippen LogP contribution in [0, 0.1) is 0 Å². The van der Waals surface area contributed by atoms with Crippen molar-refractivity contribution in [1.29, 1.82) is 0 Å². The van der Waals surface area contributed by atoms with Gasteiger partial charge in [0, 0.05) is 23.5 Å². The second-order valence-corrected chi connectivity index (χ2v) is 6.87. The van der Waals surface area contributed by atoms with E-state index in [0.717, 1.165) is 4.57 Å². The summed E-state index contributed by atoms with van der Waals surface area (Å²) >= 11 is 6.07. The van der Waals surface area contributed by atoms with Gasteiger partial charge in [0.15, 0.2) is 0 Å². The van der Waals surface area contributed by atoms with E-state index in [4.69, 9.17) is 16.3 Å². The maximum Gasteiger partial charge on any atom is 0.349 e. The average molecular weight is 402 g/mol. The Morgan fingerprint density at radius 2 is 1.89 bits per heavy atom. The number of rotatable bonds is 5. The molecule has 0 unspecified atom stereocenters. The number of carbonyl (C=O) groups is 2. The molecular formula is C20H20ClN3O4. The molecule has 0 atom stereocenters. The topological polar surface area (TPSA) is 83.8 Å². The number of fused-ring (bicyclic) bond motifs is 1. The quantitative estimate of drug-likeness (QED) is 0.506. The lowest BCUT2D eigenvalue weighted by Gasteiger charge is -2.11. The summed E-state index contributed by atoms with van der Waals surface area (Å²) in [7, 11) is 3.77. The number of benzene rings is 2. The lowest BCUT2D eigenvalue weighted by atomic mass is 10.1. The van der Waals surface area contributed by atoms with Gasteiger partial charge in [-0.05, 0) is 44.4 Å². The minimum Gasteiger partial charge on any atom is -0.493 e. The van der Waals surface area contributed by atoms with E-state index in [1.165, 1.54) is 6.07 Å². The fourth-order valence-electron chi connectivity index (χ4n) is 2.77. The molecule has 146 valence electrons. The molecule has 2 N–H and O–H groups in total. The van der Waals surface area contributed by atoms with Gasteiger partial charge in [-0.3, -0.25) is 0 Å². The van der Waals surface area contributed by atoms with Gasteiger partial charge in [-0.2, -0.15) is 0 Å². The Hall–Kier alpha value is -3.03. The summed E-state index contributed by atoms with van der Waals surface area (Å²) in [5, 5.41) is 14.1. The van der Waals surface area contributed by atoms with Crippen LogP contribution in [0.1, 0.15) is 10.4 Å². The first-order valence-electron chi connectivity index (χ1n) is 8.61. The van der Waals surface area contributed by atoms with Crippen LogP contribution in [0.3, 0.4) is 0 Å². The van der Waals surface area contributed by atoms with Gasteiger partial charge in [0.05, 0.1) is 5.52 Å². The molecule has 0 aliphatic heterocycles. The van der Waals surface area contributed by atoms with Crippen molar-refractivity contribution in [3.05, 3.63) is 59.1 Å². The Bertz CT molecular complexity index is 1020. The third-order valence-electron chi connectivity index (χ3n) is 4.10. The van der Waals surface area contributed by atoms with Crippen molar-refractivity contribution in [2.75, 3.05) is 27.2 Å². The summed E-state index contributed by atoms with van der Waals surface area (Å²) in [5.41, 5.74) is 0.230. The molecule has 3 rings (SSSR count). The smallest absolute Gasteiger partial charge is 0.349 e. The second kappa shape index (κ2) is 8.33. The zero-order valence-corrected chi connectivity index (χ0v) is 16.2. The Kier molecular flexibility index (Phi) is 5.87. The molecule has 8 heteroatoms. The van der Waals surface area contributed by atoms with Gasteiger partial charge >= 0.3 is 12.0 Å². The van der Waals surface area contributed by atoms with E-state index >= 15 is 0 Å². The summed E-state index contributed by atoms with van der Waals surface area (Å²) < 4.78 is 6.39. The third kappa shape index (κ3) is 4.11. The normalized spacial score (nSPS) is 11.0. The summed E-state index contributed by atoms with van der Waals surface area (Å²) in [5.74, 6) is -0.957. The first-order valence-corrected chi connectivity index (χ1v) is 8.99. The lowest BCUT2D eigenvalue weighted by molar-refractivity contribution is 0.0733. The van der Waals surface area contributed by atoms with Crippen LogP contribution in [-0.2, 0) is 0 Å². The molecule has 0 saturated heterocycles. The standard InChI is InChI=1S/C20H20ClN3O4/c1-23(2)11-10-22-20(27)24-16-9-8-13(21)12-15(16)17(18(24)25)19(26)28-14-6-4-3-5-7-14/h3-9,12,25H,10-11H2,1-2H3,(H,22,27). The number of halogens is 1. The van der Waals surface area contributed by atoms with Crippen LogP contribution < -0.4 is 10.1 Å². The monoisotopic (exact) mass is 401 g/mol. The van der Waals surface area contributed by atoms with Gasteiger partial charge < -0.3 is 20.1 Å². The van der Waals surface area contributed by atoms with E-state index in [2.05, 4.69) is 5.32 Å². The molecule has 0 aliphatic carbocycles. The largest absolute Gasteiger partial charge is 0.493 e.